The van der Waals surface area contributed by atoms with Crippen molar-refractivity contribution in [1.82, 2.24) is 0 Å². The van der Waals surface area contributed by atoms with Gasteiger partial charge in [0.05, 0.1) is 19.8 Å². The molecule has 0 fully saturated rings. The van der Waals surface area contributed by atoms with E-state index in [1.165, 1.54) is 0 Å². The van der Waals surface area contributed by atoms with Crippen LogP contribution in [0.3, 0.4) is 0 Å². The number of aliphatic hydroxyl groups excluding tert-OH is 1. The van der Waals surface area contributed by atoms with Gasteiger partial charge in [-0.15, -0.1) is 24.0 Å². The molecule has 23 heavy (non-hydrogen) atoms. The zero-order valence-electron chi connectivity index (χ0n) is 13.0. The third-order valence-corrected chi connectivity index (χ3v) is 3.15. The number of guanidine groups is 1. The Hall–Kier alpha value is -1.80. The lowest BCUT2D eigenvalue weighted by Crippen LogP contribution is -2.25. The van der Waals surface area contributed by atoms with Crippen LogP contribution in [0.25, 0.3) is 0 Å². The van der Waals surface area contributed by atoms with Gasteiger partial charge in [0.2, 0.25) is 0 Å². The Labute approximate surface area is 153 Å². The maximum atomic E-state index is 9.98. The van der Waals surface area contributed by atoms with Gasteiger partial charge in [-0.3, -0.25) is 4.99 Å². The molecular formula is C17H22IN3O2. The fraction of sp³-hybridized carbons (Fsp3) is 0.235. The molecule has 0 aliphatic heterocycles. The number of rotatable bonds is 6. The van der Waals surface area contributed by atoms with Crippen LogP contribution in [0, 0.1) is 0 Å². The Morgan fingerprint density at radius 3 is 2.43 bits per heavy atom. The van der Waals surface area contributed by atoms with Crippen molar-refractivity contribution >= 4 is 35.6 Å². The average molecular weight is 427 g/mol. The Morgan fingerprint density at radius 2 is 1.83 bits per heavy atom. The Balaban J connectivity index is 0.00000264. The number of nitrogens with two attached hydrogens (primary N) is 1. The van der Waals surface area contributed by atoms with Gasteiger partial charge in [-0.05, 0) is 29.8 Å². The van der Waals surface area contributed by atoms with Crippen molar-refractivity contribution in [3.05, 3.63) is 60.2 Å². The molecule has 0 heterocycles. The van der Waals surface area contributed by atoms with Crippen LogP contribution in [-0.2, 0) is 6.42 Å². The van der Waals surface area contributed by atoms with Crippen LogP contribution in [0.4, 0.5) is 5.69 Å². The Kier molecular flexibility index (Phi) is 8.42. The minimum absolute atomic E-state index is 0. The number of methoxy groups -OCH3 is 1. The average Bonchev–Trinajstić information content (AvgIpc) is 2.55. The molecule has 0 aliphatic carbocycles. The number of hydrogen-bond donors (Lipinski definition) is 3. The van der Waals surface area contributed by atoms with E-state index >= 15 is 0 Å². The second-order valence-corrected chi connectivity index (χ2v) is 4.92. The van der Waals surface area contributed by atoms with Crippen LogP contribution in [-0.4, -0.2) is 30.8 Å². The number of benzene rings is 2. The molecule has 0 saturated carbocycles. The lowest BCUT2D eigenvalue weighted by Gasteiger charge is -2.10. The number of aliphatic hydroxyl groups is 1. The highest BCUT2D eigenvalue weighted by Crippen LogP contribution is 2.14. The minimum Gasteiger partial charge on any atom is -0.497 e. The smallest absolute Gasteiger partial charge is 0.193 e. The molecule has 1 atom stereocenters. The van der Waals surface area contributed by atoms with E-state index in [0.717, 1.165) is 17.0 Å². The molecule has 0 bridgehead atoms. The lowest BCUT2D eigenvalue weighted by molar-refractivity contribution is 0.184. The van der Waals surface area contributed by atoms with Gasteiger partial charge in [0, 0.05) is 12.1 Å². The fourth-order valence-corrected chi connectivity index (χ4v) is 2.02. The molecule has 5 nitrogen and oxygen atoms in total. The predicted octanol–water partition coefficient (Wildman–Crippen LogP) is 2.64. The summed E-state index contributed by atoms with van der Waals surface area (Å²) >= 11 is 0. The normalized spacial score (nSPS) is 12.2. The first-order valence-corrected chi connectivity index (χ1v) is 7.10. The van der Waals surface area contributed by atoms with Crippen LogP contribution in [0.5, 0.6) is 5.75 Å². The molecular weight excluding hydrogens is 405 g/mol. The van der Waals surface area contributed by atoms with Crippen molar-refractivity contribution in [3.63, 3.8) is 0 Å². The largest absolute Gasteiger partial charge is 0.497 e. The summed E-state index contributed by atoms with van der Waals surface area (Å²) in [6.07, 6.45) is -0.00113. The number of hydrogen-bond acceptors (Lipinski definition) is 3. The molecule has 2 rings (SSSR count). The quantitative estimate of drug-likeness (QED) is 0.376. The van der Waals surface area contributed by atoms with Crippen molar-refractivity contribution < 1.29 is 9.84 Å². The van der Waals surface area contributed by atoms with Gasteiger partial charge in [0.1, 0.15) is 5.75 Å². The number of ether oxygens (including phenoxy) is 1. The maximum absolute atomic E-state index is 9.98. The molecule has 2 aromatic carbocycles. The van der Waals surface area contributed by atoms with Crippen molar-refractivity contribution in [3.8, 4) is 5.75 Å². The maximum Gasteiger partial charge on any atom is 0.193 e. The summed E-state index contributed by atoms with van der Waals surface area (Å²) in [5.74, 6) is 1.05. The summed E-state index contributed by atoms with van der Waals surface area (Å²) in [6.45, 7) is 0.254. The van der Waals surface area contributed by atoms with Gasteiger partial charge in [0.25, 0.3) is 0 Å². The van der Waals surface area contributed by atoms with E-state index in [1.807, 2.05) is 54.6 Å². The summed E-state index contributed by atoms with van der Waals surface area (Å²) in [7, 11) is 1.62. The van der Waals surface area contributed by atoms with E-state index in [0.29, 0.717) is 6.42 Å². The second kappa shape index (κ2) is 10.1. The van der Waals surface area contributed by atoms with E-state index in [1.54, 1.807) is 7.11 Å². The van der Waals surface area contributed by atoms with E-state index in [4.69, 9.17) is 10.5 Å². The Bertz CT molecular complexity index is 603. The molecule has 4 N–H and O–H groups in total. The minimum atomic E-state index is -0.557. The molecule has 0 aliphatic rings. The number of halogens is 1. The highest BCUT2D eigenvalue weighted by molar-refractivity contribution is 14.0. The van der Waals surface area contributed by atoms with Crippen LogP contribution in [0.15, 0.2) is 59.6 Å². The van der Waals surface area contributed by atoms with Gasteiger partial charge >= 0.3 is 0 Å². The van der Waals surface area contributed by atoms with Crippen molar-refractivity contribution in [2.45, 2.75) is 12.5 Å². The second-order valence-electron chi connectivity index (χ2n) is 4.92. The first-order valence-electron chi connectivity index (χ1n) is 7.10. The summed E-state index contributed by atoms with van der Waals surface area (Å²) in [4.78, 5) is 4.16. The molecule has 0 aromatic heterocycles. The van der Waals surface area contributed by atoms with Gasteiger partial charge in [-0.25, -0.2) is 0 Å². The molecule has 6 heteroatoms. The summed E-state index contributed by atoms with van der Waals surface area (Å²) in [5.41, 5.74) is 7.71. The zero-order valence-corrected chi connectivity index (χ0v) is 15.3. The first kappa shape index (κ1) is 19.2. The fourth-order valence-electron chi connectivity index (χ4n) is 2.02. The lowest BCUT2D eigenvalue weighted by atomic mass is 10.1. The third-order valence-electron chi connectivity index (χ3n) is 3.15. The van der Waals surface area contributed by atoms with Gasteiger partial charge < -0.3 is 20.9 Å². The zero-order chi connectivity index (χ0) is 15.8. The molecule has 124 valence electrons. The van der Waals surface area contributed by atoms with Crippen molar-refractivity contribution in [2.75, 3.05) is 19.0 Å². The highest BCUT2D eigenvalue weighted by Gasteiger charge is 2.05. The molecule has 2 aromatic rings. The number of nitrogens with one attached hydrogen (secondary N) is 1. The Morgan fingerprint density at radius 1 is 1.17 bits per heavy atom. The van der Waals surface area contributed by atoms with Crippen LogP contribution < -0.4 is 15.8 Å². The summed E-state index contributed by atoms with van der Waals surface area (Å²) in [6, 6.07) is 17.2. The van der Waals surface area contributed by atoms with Crippen LogP contribution in [0.2, 0.25) is 0 Å². The van der Waals surface area contributed by atoms with Crippen LogP contribution >= 0.6 is 24.0 Å². The molecule has 0 amide bonds. The molecule has 0 saturated heterocycles. The van der Waals surface area contributed by atoms with E-state index in [-0.39, 0.29) is 36.5 Å². The number of nitrogens with zero attached hydrogens (tertiary/aromatic N) is 1. The first-order chi connectivity index (χ1) is 10.7. The topological polar surface area (TPSA) is 79.9 Å². The SMILES string of the molecule is COc1ccc(NC(N)=NCC(O)Cc2ccccc2)cc1.I. The standard InChI is InChI=1S/C17H21N3O2.HI/c1-22-16-9-7-14(8-10-16)20-17(18)19-12-15(21)11-13-5-3-2-4-6-13;/h2-10,15,21H,11-12H2,1H3,(H3,18,19,20);1H. The summed E-state index contributed by atoms with van der Waals surface area (Å²) < 4.78 is 5.09. The van der Waals surface area contributed by atoms with Gasteiger partial charge in [0.15, 0.2) is 5.96 Å². The van der Waals surface area contributed by atoms with Crippen molar-refractivity contribution in [2.24, 2.45) is 10.7 Å². The number of anilines is 1. The molecule has 1 unspecified atom stereocenters. The van der Waals surface area contributed by atoms with Gasteiger partial charge in [-0.1, -0.05) is 30.3 Å². The third kappa shape index (κ3) is 6.87. The van der Waals surface area contributed by atoms with E-state index in [2.05, 4.69) is 10.3 Å². The highest BCUT2D eigenvalue weighted by atomic mass is 127. The number of aliphatic imine (C=N–C) groups is 1. The van der Waals surface area contributed by atoms with E-state index in [9.17, 15) is 5.11 Å². The van der Waals surface area contributed by atoms with E-state index < -0.39 is 6.10 Å². The monoisotopic (exact) mass is 427 g/mol. The van der Waals surface area contributed by atoms with Crippen molar-refractivity contribution in [1.29, 1.82) is 0 Å². The molecule has 0 spiro atoms. The van der Waals surface area contributed by atoms with Gasteiger partial charge in [-0.2, -0.15) is 0 Å². The predicted molar refractivity (Wildman–Crippen MR) is 105 cm³/mol. The molecule has 0 radical (unpaired) electrons. The summed E-state index contributed by atoms with van der Waals surface area (Å²) in [5, 5.41) is 13.0. The van der Waals surface area contributed by atoms with Crippen LogP contribution in [0.1, 0.15) is 5.56 Å².